The van der Waals surface area contributed by atoms with Crippen LogP contribution in [0.15, 0.2) is 36.5 Å². The Morgan fingerprint density at radius 1 is 0.977 bits per heavy atom. The first-order valence-electron chi connectivity index (χ1n) is 16.8. The van der Waals surface area contributed by atoms with Crippen LogP contribution < -0.4 is 0 Å². The smallest absolute Gasteiger partial charge is 0.306 e. The van der Waals surface area contributed by atoms with Gasteiger partial charge in [-0.2, -0.15) is 0 Å². The van der Waals surface area contributed by atoms with E-state index < -0.39 is 42.1 Å². The molecule has 1 spiro atoms. The number of allylic oxidation sites excluding steroid dienone is 2. The van der Waals surface area contributed by atoms with Gasteiger partial charge in [0.15, 0.2) is 0 Å². The summed E-state index contributed by atoms with van der Waals surface area (Å²) in [5, 5.41) is 11.1. The lowest BCUT2D eigenvalue weighted by molar-refractivity contribution is -0.257. The molecule has 3 rings (SSSR count). The third kappa shape index (κ3) is 8.22. The topological polar surface area (TPSA) is 108 Å². The van der Waals surface area contributed by atoms with Gasteiger partial charge in [-0.25, -0.2) is 0 Å². The van der Waals surface area contributed by atoms with Crippen LogP contribution in [0.5, 0.6) is 0 Å². The zero-order valence-electron chi connectivity index (χ0n) is 27.7. The van der Waals surface area contributed by atoms with Gasteiger partial charge in [-0.05, 0) is 55.4 Å². The number of unbranched alkanes of at least 4 members (excludes halogenated alkanes) is 8. The molecule has 8 atom stereocenters. The maximum atomic E-state index is 13.4. The fourth-order valence-corrected chi connectivity index (χ4v) is 7.86. The van der Waals surface area contributed by atoms with Crippen molar-refractivity contribution in [2.24, 2.45) is 22.7 Å². The minimum Gasteiger partial charge on any atom is -0.461 e. The van der Waals surface area contributed by atoms with Crippen molar-refractivity contribution in [2.75, 3.05) is 0 Å². The van der Waals surface area contributed by atoms with Gasteiger partial charge in [-0.1, -0.05) is 96.9 Å². The van der Waals surface area contributed by atoms with Crippen molar-refractivity contribution in [3.05, 3.63) is 36.5 Å². The maximum Gasteiger partial charge on any atom is 0.306 e. The van der Waals surface area contributed by atoms with Gasteiger partial charge in [-0.3, -0.25) is 19.1 Å². The lowest BCUT2D eigenvalue weighted by Gasteiger charge is -2.60. The summed E-state index contributed by atoms with van der Waals surface area (Å²) in [6, 6.07) is 0. The molecule has 0 unspecified atom stereocenters. The lowest BCUT2D eigenvalue weighted by Crippen LogP contribution is -2.63. The Morgan fingerprint density at radius 2 is 1.59 bits per heavy atom. The van der Waals surface area contributed by atoms with Crippen LogP contribution in [0.3, 0.4) is 0 Å². The van der Waals surface area contributed by atoms with Gasteiger partial charge in [0, 0.05) is 25.8 Å². The third-order valence-electron chi connectivity index (χ3n) is 10.4. The summed E-state index contributed by atoms with van der Waals surface area (Å²) >= 11 is 0. The second-order valence-corrected chi connectivity index (χ2v) is 13.5. The molecular weight excluding hydrogens is 560 g/mol. The predicted molar refractivity (Wildman–Crippen MR) is 169 cm³/mol. The van der Waals surface area contributed by atoms with Gasteiger partial charge in [0.05, 0.1) is 6.10 Å². The van der Waals surface area contributed by atoms with Crippen LogP contribution in [0.4, 0.5) is 0 Å². The van der Waals surface area contributed by atoms with E-state index in [9.17, 15) is 19.5 Å². The molecule has 0 aromatic carbocycles. The number of aliphatic hydroxyl groups excluding tert-OH is 1. The van der Waals surface area contributed by atoms with Crippen molar-refractivity contribution in [2.45, 2.75) is 149 Å². The fourth-order valence-electron chi connectivity index (χ4n) is 7.86. The SMILES string of the molecule is C=CC(=C)CC[C@]1(C)[C@H](C)C[C@H](OC(=O)CCCCCCCCCCC)[C@@]23C(=C[C@@H](O)C[C@@H]12)[C@@H](OC(C)=O)O[C@H]3OC(C)=O. The Kier molecular flexibility index (Phi) is 13.3. The zero-order valence-corrected chi connectivity index (χ0v) is 27.7. The molecular formula is C36H56O8. The van der Waals surface area contributed by atoms with E-state index in [2.05, 4.69) is 33.9 Å². The van der Waals surface area contributed by atoms with E-state index in [0.717, 1.165) is 31.3 Å². The van der Waals surface area contributed by atoms with Crippen molar-refractivity contribution in [3.8, 4) is 0 Å². The normalized spacial score (nSPS) is 32.5. The molecule has 0 aromatic rings. The number of hydrogen-bond donors (Lipinski definition) is 1. The summed E-state index contributed by atoms with van der Waals surface area (Å²) in [7, 11) is 0. The molecule has 3 aliphatic rings. The van der Waals surface area contributed by atoms with E-state index in [0.29, 0.717) is 31.3 Å². The van der Waals surface area contributed by atoms with Crippen LogP contribution in [0.25, 0.3) is 0 Å². The van der Waals surface area contributed by atoms with E-state index in [-0.39, 0.29) is 23.2 Å². The van der Waals surface area contributed by atoms with Gasteiger partial charge >= 0.3 is 17.9 Å². The summed E-state index contributed by atoms with van der Waals surface area (Å²) in [4.78, 5) is 38.0. The molecule has 8 heteroatoms. The van der Waals surface area contributed by atoms with Crippen LogP contribution in [-0.2, 0) is 33.3 Å². The quantitative estimate of drug-likeness (QED) is 0.0589. The predicted octanol–water partition coefficient (Wildman–Crippen LogP) is 7.49. The number of aliphatic hydroxyl groups is 1. The second kappa shape index (κ2) is 16.2. The average Bonchev–Trinajstić information content (AvgIpc) is 3.24. The van der Waals surface area contributed by atoms with Gasteiger partial charge in [0.1, 0.15) is 11.5 Å². The van der Waals surface area contributed by atoms with Crippen molar-refractivity contribution in [1.29, 1.82) is 0 Å². The number of esters is 3. The Bertz CT molecular complexity index is 1060. The first-order valence-corrected chi connectivity index (χ1v) is 16.8. The zero-order chi connectivity index (χ0) is 32.5. The summed E-state index contributed by atoms with van der Waals surface area (Å²) in [5.41, 5.74) is -0.106. The number of carbonyl (C=O) groups is 3. The average molecular weight is 617 g/mol. The van der Waals surface area contributed by atoms with E-state index >= 15 is 0 Å². The Morgan fingerprint density at radius 3 is 2.18 bits per heavy atom. The van der Waals surface area contributed by atoms with Gasteiger partial charge in [0.2, 0.25) is 12.6 Å². The molecule has 0 radical (unpaired) electrons. The number of rotatable bonds is 17. The highest BCUT2D eigenvalue weighted by molar-refractivity contribution is 5.70. The van der Waals surface area contributed by atoms with Crippen molar-refractivity contribution in [3.63, 3.8) is 0 Å². The molecule has 2 fully saturated rings. The Labute approximate surface area is 264 Å². The van der Waals surface area contributed by atoms with Crippen molar-refractivity contribution < 1.29 is 38.4 Å². The first-order chi connectivity index (χ1) is 20.9. The highest BCUT2D eigenvalue weighted by atomic mass is 16.8. The second-order valence-electron chi connectivity index (χ2n) is 13.5. The monoisotopic (exact) mass is 616 g/mol. The fraction of sp³-hybridized carbons (Fsp3) is 0.750. The summed E-state index contributed by atoms with van der Waals surface area (Å²) in [5.74, 6) is -1.67. The van der Waals surface area contributed by atoms with Crippen LogP contribution in [0.2, 0.25) is 0 Å². The molecule has 1 N–H and O–H groups in total. The highest BCUT2D eigenvalue weighted by Gasteiger charge is 2.72. The molecule has 8 nitrogen and oxygen atoms in total. The van der Waals surface area contributed by atoms with Crippen LogP contribution >= 0.6 is 0 Å². The van der Waals surface area contributed by atoms with Crippen molar-refractivity contribution in [1.82, 2.24) is 0 Å². The molecule has 0 amide bonds. The summed E-state index contributed by atoms with van der Waals surface area (Å²) in [6.45, 7) is 17.1. The largest absolute Gasteiger partial charge is 0.461 e. The highest BCUT2D eigenvalue weighted by Crippen LogP contribution is 2.67. The molecule has 44 heavy (non-hydrogen) atoms. The van der Waals surface area contributed by atoms with Gasteiger partial charge in [-0.15, -0.1) is 0 Å². The van der Waals surface area contributed by atoms with E-state index in [1.165, 1.54) is 52.4 Å². The van der Waals surface area contributed by atoms with Gasteiger partial charge < -0.3 is 19.3 Å². The van der Waals surface area contributed by atoms with E-state index in [4.69, 9.17) is 18.9 Å². The van der Waals surface area contributed by atoms with Crippen LogP contribution in [-0.4, -0.2) is 47.8 Å². The Balaban J connectivity index is 1.90. The standard InChI is InChI=1S/C36H56O8/c1-8-10-11-12-13-14-15-16-17-18-32(40)43-31-21-25(4)35(7,20-19-24(3)9-2)30-23-28(39)22-29-33(41-26(5)37)44-34(36(29,30)31)42-27(6)38/h9,22,25,28,30-31,33-34,39H,2-3,8,10-21,23H2,1,4-7H3/t25-,28-,30+,31+,33+,34-,35-,36-/m1/s1. The minimum absolute atomic E-state index is 0.0820. The number of ether oxygens (including phenoxy) is 4. The first kappa shape index (κ1) is 36.0. The third-order valence-corrected chi connectivity index (χ3v) is 10.4. The van der Waals surface area contributed by atoms with E-state index in [1.807, 2.05) is 0 Å². The molecule has 2 aliphatic carbocycles. The van der Waals surface area contributed by atoms with Crippen LogP contribution in [0, 0.1) is 22.7 Å². The summed E-state index contributed by atoms with van der Waals surface area (Å²) in [6.07, 6.45) is 12.4. The molecule has 0 aromatic heterocycles. The molecule has 248 valence electrons. The molecule has 1 saturated carbocycles. The minimum atomic E-state index is -1.17. The molecule has 1 aliphatic heterocycles. The van der Waals surface area contributed by atoms with Crippen LogP contribution in [0.1, 0.15) is 125 Å². The lowest BCUT2D eigenvalue weighted by atomic mass is 9.45. The number of carbonyl (C=O) groups excluding carboxylic acids is 3. The number of hydrogen-bond acceptors (Lipinski definition) is 8. The van der Waals surface area contributed by atoms with Gasteiger partial charge in [0.25, 0.3) is 0 Å². The van der Waals surface area contributed by atoms with E-state index in [1.54, 1.807) is 12.2 Å². The molecule has 0 bridgehead atoms. The molecule has 1 heterocycles. The van der Waals surface area contributed by atoms with Crippen molar-refractivity contribution >= 4 is 17.9 Å². The molecule has 1 saturated heterocycles. The Hall–Kier alpha value is -2.45. The maximum absolute atomic E-state index is 13.4. The summed E-state index contributed by atoms with van der Waals surface area (Å²) < 4.78 is 24.0.